The van der Waals surface area contributed by atoms with Gasteiger partial charge in [-0.25, -0.2) is 0 Å². The van der Waals surface area contributed by atoms with Crippen LogP contribution < -0.4 is 10.6 Å². The van der Waals surface area contributed by atoms with Crippen molar-refractivity contribution in [3.8, 4) is 0 Å². The zero-order chi connectivity index (χ0) is 16.0. The van der Waals surface area contributed by atoms with Crippen LogP contribution >= 0.6 is 0 Å². The van der Waals surface area contributed by atoms with Gasteiger partial charge in [-0.1, -0.05) is 12.1 Å². The summed E-state index contributed by atoms with van der Waals surface area (Å²) < 4.78 is 11.1. The lowest BCUT2D eigenvalue weighted by Gasteiger charge is -2.34. The van der Waals surface area contributed by atoms with Crippen molar-refractivity contribution in [3.05, 3.63) is 29.8 Å². The van der Waals surface area contributed by atoms with Crippen LogP contribution in [0.4, 0.5) is 5.69 Å². The molecule has 5 nitrogen and oxygen atoms in total. The van der Waals surface area contributed by atoms with Gasteiger partial charge in [0.2, 0.25) is 0 Å². The smallest absolute Gasteiger partial charge is 0.256 e. The molecular weight excluding hydrogens is 280 g/mol. The summed E-state index contributed by atoms with van der Waals surface area (Å²) >= 11 is 0. The number of piperidine rings is 1. The second kappa shape index (κ2) is 7.72. The quantitative estimate of drug-likeness (QED) is 0.847. The van der Waals surface area contributed by atoms with Gasteiger partial charge in [0, 0.05) is 12.8 Å². The summed E-state index contributed by atoms with van der Waals surface area (Å²) in [5, 5.41) is 6.24. The van der Waals surface area contributed by atoms with Gasteiger partial charge in [-0.2, -0.15) is 0 Å². The Balaban J connectivity index is 2.02. The topological polar surface area (TPSA) is 59.6 Å². The Kier molecular flexibility index (Phi) is 5.94. The van der Waals surface area contributed by atoms with E-state index in [2.05, 4.69) is 10.6 Å². The molecular formula is C17H26N2O3. The van der Waals surface area contributed by atoms with Crippen LogP contribution in [0.1, 0.15) is 32.3 Å². The van der Waals surface area contributed by atoms with Crippen LogP contribution in [-0.2, 0) is 20.9 Å². The predicted octanol–water partition coefficient (Wildman–Crippen LogP) is 2.32. The van der Waals surface area contributed by atoms with Gasteiger partial charge in [-0.3, -0.25) is 4.79 Å². The Morgan fingerprint density at radius 3 is 2.73 bits per heavy atom. The number of carbonyl (C=O) groups is 1. The fourth-order valence-electron chi connectivity index (χ4n) is 2.60. The van der Waals surface area contributed by atoms with Crippen molar-refractivity contribution in [2.75, 3.05) is 25.5 Å². The first-order valence-corrected chi connectivity index (χ1v) is 7.83. The van der Waals surface area contributed by atoms with E-state index in [1.807, 2.05) is 38.1 Å². The van der Waals surface area contributed by atoms with Crippen molar-refractivity contribution in [2.45, 2.75) is 45.0 Å². The molecule has 0 bridgehead atoms. The highest BCUT2D eigenvalue weighted by atomic mass is 16.5. The number of benzene rings is 1. The number of ether oxygens (including phenoxy) is 2. The van der Waals surface area contributed by atoms with Gasteiger partial charge < -0.3 is 20.1 Å². The summed E-state index contributed by atoms with van der Waals surface area (Å²) in [6, 6.07) is 7.76. The highest BCUT2D eigenvalue weighted by molar-refractivity contribution is 5.97. The van der Waals surface area contributed by atoms with Crippen LogP contribution in [0.15, 0.2) is 24.3 Å². The summed E-state index contributed by atoms with van der Waals surface area (Å²) in [6.45, 7) is 6.14. The number of anilines is 1. The van der Waals surface area contributed by atoms with E-state index in [0.717, 1.165) is 24.3 Å². The lowest BCUT2D eigenvalue weighted by atomic mass is 9.91. The summed E-state index contributed by atoms with van der Waals surface area (Å²) in [4.78, 5) is 12.6. The van der Waals surface area contributed by atoms with Crippen molar-refractivity contribution in [1.82, 2.24) is 5.32 Å². The van der Waals surface area contributed by atoms with Gasteiger partial charge in [-0.15, -0.1) is 0 Å². The molecule has 1 fully saturated rings. The molecule has 1 aromatic rings. The molecule has 0 radical (unpaired) electrons. The van der Waals surface area contributed by atoms with Gasteiger partial charge >= 0.3 is 0 Å². The van der Waals surface area contributed by atoms with Gasteiger partial charge in [0.15, 0.2) is 0 Å². The Hall–Kier alpha value is -1.43. The van der Waals surface area contributed by atoms with Gasteiger partial charge in [0.1, 0.15) is 5.60 Å². The van der Waals surface area contributed by atoms with Crippen molar-refractivity contribution in [3.63, 3.8) is 0 Å². The average Bonchev–Trinajstić information content (AvgIpc) is 2.54. The predicted molar refractivity (Wildman–Crippen MR) is 86.8 cm³/mol. The number of hydrogen-bond donors (Lipinski definition) is 2. The van der Waals surface area contributed by atoms with Crippen molar-refractivity contribution in [2.24, 2.45) is 0 Å². The van der Waals surface area contributed by atoms with E-state index in [1.54, 1.807) is 7.11 Å². The van der Waals surface area contributed by atoms with E-state index in [-0.39, 0.29) is 12.0 Å². The average molecular weight is 306 g/mol. The summed E-state index contributed by atoms with van der Waals surface area (Å²) in [5.74, 6) is -0.0709. The van der Waals surface area contributed by atoms with Crippen molar-refractivity contribution >= 4 is 11.6 Å². The molecule has 122 valence electrons. The molecule has 0 saturated carbocycles. The molecule has 2 N–H and O–H groups in total. The third-order valence-electron chi connectivity index (χ3n) is 3.98. The van der Waals surface area contributed by atoms with E-state index in [9.17, 15) is 4.79 Å². The van der Waals surface area contributed by atoms with Crippen LogP contribution in [0.2, 0.25) is 0 Å². The summed E-state index contributed by atoms with van der Waals surface area (Å²) in [5.41, 5.74) is 1.10. The fourth-order valence-corrected chi connectivity index (χ4v) is 2.60. The molecule has 1 aliphatic heterocycles. The van der Waals surface area contributed by atoms with E-state index < -0.39 is 5.60 Å². The summed E-state index contributed by atoms with van der Waals surface area (Å²) in [7, 11) is 1.61. The van der Waals surface area contributed by atoms with Gasteiger partial charge in [0.25, 0.3) is 5.91 Å². The van der Waals surface area contributed by atoms with E-state index in [0.29, 0.717) is 19.4 Å². The second-order valence-electron chi connectivity index (χ2n) is 5.96. The van der Waals surface area contributed by atoms with E-state index in [4.69, 9.17) is 9.47 Å². The molecule has 1 aromatic carbocycles. The highest BCUT2D eigenvalue weighted by Crippen LogP contribution is 2.25. The minimum absolute atomic E-state index is 0.0709. The zero-order valence-corrected chi connectivity index (χ0v) is 13.6. The maximum absolute atomic E-state index is 12.6. The van der Waals surface area contributed by atoms with Crippen molar-refractivity contribution < 1.29 is 14.3 Å². The molecule has 0 atom stereocenters. The lowest BCUT2D eigenvalue weighted by Crippen LogP contribution is -2.51. The SMILES string of the molecule is COC1(C(=O)Nc2cccc(COC(C)C)c2)CCNCC1. The molecule has 1 saturated heterocycles. The number of amides is 1. The molecule has 1 heterocycles. The van der Waals surface area contributed by atoms with Crippen molar-refractivity contribution in [1.29, 1.82) is 0 Å². The second-order valence-corrected chi connectivity index (χ2v) is 5.96. The van der Waals surface area contributed by atoms with Crippen LogP contribution in [0.25, 0.3) is 0 Å². The zero-order valence-electron chi connectivity index (χ0n) is 13.6. The molecule has 22 heavy (non-hydrogen) atoms. The van der Waals surface area contributed by atoms with E-state index >= 15 is 0 Å². The first-order valence-electron chi connectivity index (χ1n) is 7.83. The number of rotatable bonds is 6. The molecule has 0 unspecified atom stereocenters. The summed E-state index contributed by atoms with van der Waals surface area (Å²) in [6.07, 6.45) is 1.56. The monoisotopic (exact) mass is 306 g/mol. The molecule has 0 aromatic heterocycles. The number of carbonyl (C=O) groups excluding carboxylic acids is 1. The number of hydrogen-bond acceptors (Lipinski definition) is 4. The lowest BCUT2D eigenvalue weighted by molar-refractivity contribution is -0.140. The third kappa shape index (κ3) is 4.29. The third-order valence-corrected chi connectivity index (χ3v) is 3.98. The van der Waals surface area contributed by atoms with Gasteiger partial charge in [-0.05, 0) is 57.5 Å². The Morgan fingerprint density at radius 1 is 1.36 bits per heavy atom. The largest absolute Gasteiger partial charge is 0.374 e. The first kappa shape index (κ1) is 16.9. The number of nitrogens with one attached hydrogen (secondary N) is 2. The Morgan fingerprint density at radius 2 is 2.09 bits per heavy atom. The molecule has 1 amide bonds. The Bertz CT molecular complexity index is 496. The minimum atomic E-state index is -0.727. The molecule has 5 heteroatoms. The molecule has 2 rings (SSSR count). The van der Waals surface area contributed by atoms with E-state index in [1.165, 1.54) is 0 Å². The van der Waals surface area contributed by atoms with Crippen LogP contribution in [0, 0.1) is 0 Å². The van der Waals surface area contributed by atoms with Crippen LogP contribution in [-0.4, -0.2) is 37.8 Å². The molecule has 1 aliphatic rings. The Labute approximate surface area is 132 Å². The fraction of sp³-hybridized carbons (Fsp3) is 0.588. The normalized spacial score (nSPS) is 17.5. The van der Waals surface area contributed by atoms with Crippen LogP contribution in [0.3, 0.4) is 0 Å². The maximum Gasteiger partial charge on any atom is 0.256 e. The minimum Gasteiger partial charge on any atom is -0.374 e. The maximum atomic E-state index is 12.6. The molecule has 0 spiro atoms. The highest BCUT2D eigenvalue weighted by Gasteiger charge is 2.39. The first-order chi connectivity index (χ1) is 10.6. The molecule has 0 aliphatic carbocycles. The standard InChI is InChI=1S/C17H26N2O3/c1-13(2)22-12-14-5-4-6-15(11-14)19-16(20)17(21-3)7-9-18-10-8-17/h4-6,11,13,18H,7-10,12H2,1-3H3,(H,19,20). The van der Waals surface area contributed by atoms with Crippen LogP contribution in [0.5, 0.6) is 0 Å². The van der Waals surface area contributed by atoms with Gasteiger partial charge in [0.05, 0.1) is 12.7 Å². The number of methoxy groups -OCH3 is 1.